The van der Waals surface area contributed by atoms with Crippen LogP contribution in [0, 0.1) is 0 Å². The number of carbonyl (C=O) groups is 1. The number of primary amides is 1. The number of ether oxygens (including phenoxy) is 1. The molecule has 2 aliphatic rings. The molecule has 2 fully saturated rings. The Labute approximate surface area is 248 Å². The van der Waals surface area contributed by atoms with Gasteiger partial charge in [-0.3, -0.25) is 14.0 Å². The van der Waals surface area contributed by atoms with E-state index < -0.39 is 5.91 Å². The van der Waals surface area contributed by atoms with E-state index in [1.165, 1.54) is 6.42 Å². The Morgan fingerprint density at radius 1 is 1.19 bits per heavy atom. The van der Waals surface area contributed by atoms with E-state index in [-0.39, 0.29) is 23.1 Å². The van der Waals surface area contributed by atoms with Crippen LogP contribution in [0.3, 0.4) is 0 Å². The largest absolute Gasteiger partial charge is 0.459 e. The molecule has 7 rings (SSSR count). The molecule has 1 saturated heterocycles. The smallest absolute Gasteiger partial charge is 0.254 e. The number of amides is 1. The average Bonchev–Trinajstić information content (AvgIpc) is 3.75. The van der Waals surface area contributed by atoms with Crippen molar-refractivity contribution >= 4 is 55.5 Å². The summed E-state index contributed by atoms with van der Waals surface area (Å²) in [4.78, 5) is 34.5. The lowest BCUT2D eigenvalue weighted by Crippen LogP contribution is -2.68. The Bertz CT molecular complexity index is 1840. The zero-order valence-electron chi connectivity index (χ0n) is 22.9. The summed E-state index contributed by atoms with van der Waals surface area (Å²) in [5, 5.41) is 12.7. The van der Waals surface area contributed by atoms with Gasteiger partial charge in [0.25, 0.3) is 5.91 Å². The van der Waals surface area contributed by atoms with Crippen LogP contribution in [0.2, 0.25) is 0 Å². The molecular formula is C28H31N8O4S2+. The zero-order valence-corrected chi connectivity index (χ0v) is 24.5. The van der Waals surface area contributed by atoms with Crippen molar-refractivity contribution in [3.8, 4) is 10.4 Å². The molecule has 6 heterocycles. The standard InChI is InChI=1S/C28H30N8O4S2/c29-17-3-1-2-4-18(17)32-28-33-19(23(26(30)38)27-34-31-14-36(27)28)11-15-5-6-21(41-15)16-13-40-24-20(37)12-22(42-25(16)24)35-7-9-39-10-8-35/h5-6,12-14,17-18H,1-4,7-11,29H2,(H2,30,38)(H,32,33)/p+1/t17-,18+/m1/s1. The molecule has 1 amide bonds. The lowest BCUT2D eigenvalue weighted by molar-refractivity contribution is -0.427. The second-order valence-electron chi connectivity index (χ2n) is 10.7. The first-order valence-corrected chi connectivity index (χ1v) is 15.7. The summed E-state index contributed by atoms with van der Waals surface area (Å²) in [6.45, 7) is 2.77. The number of nitrogens with zero attached hydrogens (tertiary/aromatic N) is 5. The second kappa shape index (κ2) is 11.1. The molecular weight excluding hydrogens is 576 g/mol. The third-order valence-corrected chi connectivity index (χ3v) is 10.3. The number of aromatic nitrogens is 4. The fourth-order valence-electron chi connectivity index (χ4n) is 5.80. The van der Waals surface area contributed by atoms with Gasteiger partial charge in [-0.15, -0.1) is 32.9 Å². The van der Waals surface area contributed by atoms with Crippen LogP contribution in [0.25, 0.3) is 26.4 Å². The number of anilines is 2. The van der Waals surface area contributed by atoms with Gasteiger partial charge in [-0.1, -0.05) is 6.42 Å². The number of rotatable bonds is 7. The zero-order chi connectivity index (χ0) is 28.8. The number of nitrogens with one attached hydrogen (secondary N) is 1. The molecule has 218 valence electrons. The van der Waals surface area contributed by atoms with Gasteiger partial charge in [0.2, 0.25) is 11.4 Å². The van der Waals surface area contributed by atoms with E-state index in [4.69, 9.17) is 19.9 Å². The van der Waals surface area contributed by atoms with Crippen LogP contribution >= 0.6 is 22.7 Å². The molecule has 5 aromatic rings. The van der Waals surface area contributed by atoms with Gasteiger partial charge in [0.1, 0.15) is 24.2 Å². The maximum absolute atomic E-state index is 12.9. The summed E-state index contributed by atoms with van der Waals surface area (Å²) in [7, 11) is 0. The van der Waals surface area contributed by atoms with Crippen LogP contribution in [-0.4, -0.2) is 63.9 Å². The van der Waals surface area contributed by atoms with E-state index >= 15 is 0 Å². The summed E-state index contributed by atoms with van der Waals surface area (Å²) in [5.41, 5.74) is 12.4. The third kappa shape index (κ3) is 4.93. The number of morpholine rings is 1. The molecule has 6 N–H and O–H groups in total. The molecule has 1 saturated carbocycles. The quantitative estimate of drug-likeness (QED) is 0.252. The summed E-state index contributed by atoms with van der Waals surface area (Å²) in [5.74, 6) is -0.0265. The Morgan fingerprint density at radius 2 is 2.02 bits per heavy atom. The Kier molecular flexibility index (Phi) is 7.14. The topological polar surface area (TPSA) is 169 Å². The minimum Gasteiger partial charge on any atom is -0.459 e. The van der Waals surface area contributed by atoms with Gasteiger partial charge < -0.3 is 30.8 Å². The first-order valence-electron chi connectivity index (χ1n) is 14.1. The van der Waals surface area contributed by atoms with E-state index in [0.29, 0.717) is 42.5 Å². The number of hydrogen-bond acceptors (Lipinski definition) is 11. The summed E-state index contributed by atoms with van der Waals surface area (Å²) in [6.07, 6.45) is 7.93. The van der Waals surface area contributed by atoms with Crippen LogP contribution in [0.1, 0.15) is 46.6 Å². The highest BCUT2D eigenvalue weighted by Gasteiger charge is 2.28. The van der Waals surface area contributed by atoms with Gasteiger partial charge in [0.15, 0.2) is 11.2 Å². The SMILES string of the molecule is NC(=O)c1c(Cc2ccc(-c3coc4c(=O)cc(N5CCOCC5)sc34)s2)nc(N[C@H]2CCCC[C@H]2[NH3+])n2cnnc12. The van der Waals surface area contributed by atoms with Gasteiger partial charge in [0.05, 0.1) is 34.7 Å². The Morgan fingerprint density at radius 3 is 2.83 bits per heavy atom. The summed E-state index contributed by atoms with van der Waals surface area (Å²) >= 11 is 3.12. The van der Waals surface area contributed by atoms with E-state index in [1.807, 2.05) is 12.1 Å². The predicted molar refractivity (Wildman–Crippen MR) is 161 cm³/mol. The number of hydrogen-bond donors (Lipinski definition) is 3. The van der Waals surface area contributed by atoms with Crippen LogP contribution in [0.5, 0.6) is 0 Å². The van der Waals surface area contributed by atoms with Gasteiger partial charge >= 0.3 is 0 Å². The van der Waals surface area contributed by atoms with Gasteiger partial charge in [0, 0.05) is 47.3 Å². The molecule has 0 unspecified atom stereocenters. The molecule has 1 aliphatic carbocycles. The number of furan rings is 1. The van der Waals surface area contributed by atoms with Crippen molar-refractivity contribution in [1.29, 1.82) is 0 Å². The van der Waals surface area contributed by atoms with E-state index in [9.17, 15) is 9.59 Å². The van der Waals surface area contributed by atoms with Crippen molar-refractivity contribution in [1.82, 2.24) is 19.6 Å². The summed E-state index contributed by atoms with van der Waals surface area (Å²) < 4.78 is 13.7. The molecule has 0 radical (unpaired) electrons. The van der Waals surface area contributed by atoms with Crippen molar-refractivity contribution in [3.63, 3.8) is 0 Å². The number of fused-ring (bicyclic) bond motifs is 2. The van der Waals surface area contributed by atoms with Crippen molar-refractivity contribution in [2.75, 3.05) is 36.5 Å². The second-order valence-corrected chi connectivity index (χ2v) is 12.9. The van der Waals surface area contributed by atoms with Crippen LogP contribution in [-0.2, 0) is 11.2 Å². The lowest BCUT2D eigenvalue weighted by atomic mass is 9.91. The first-order chi connectivity index (χ1) is 20.5. The van der Waals surface area contributed by atoms with Crippen molar-refractivity contribution in [2.45, 2.75) is 44.2 Å². The maximum atomic E-state index is 12.9. The number of nitrogens with two attached hydrogens (primary N) is 1. The van der Waals surface area contributed by atoms with Gasteiger partial charge in [-0.25, -0.2) is 4.98 Å². The fraction of sp³-hybridized carbons (Fsp3) is 0.393. The lowest BCUT2D eigenvalue weighted by Gasteiger charge is -2.27. The molecule has 42 heavy (non-hydrogen) atoms. The fourth-order valence-corrected chi connectivity index (χ4v) is 8.08. The van der Waals surface area contributed by atoms with Crippen molar-refractivity contribution in [2.24, 2.45) is 5.73 Å². The molecule has 5 aromatic heterocycles. The highest BCUT2D eigenvalue weighted by atomic mass is 32.1. The van der Waals surface area contributed by atoms with Crippen molar-refractivity contribution < 1.29 is 19.7 Å². The highest BCUT2D eigenvalue weighted by Crippen LogP contribution is 2.39. The molecule has 0 spiro atoms. The maximum Gasteiger partial charge on any atom is 0.254 e. The molecule has 0 aromatic carbocycles. The molecule has 1 aliphatic heterocycles. The molecule has 2 atom stereocenters. The van der Waals surface area contributed by atoms with Crippen LogP contribution < -0.4 is 27.1 Å². The summed E-state index contributed by atoms with van der Waals surface area (Å²) in [6, 6.07) is 6.10. The molecule has 0 bridgehead atoms. The molecule has 14 heteroatoms. The van der Waals surface area contributed by atoms with Crippen molar-refractivity contribution in [3.05, 3.63) is 57.1 Å². The van der Waals surface area contributed by atoms with E-state index in [1.54, 1.807) is 45.7 Å². The normalized spacial score (nSPS) is 19.5. The van der Waals surface area contributed by atoms with Crippen LogP contribution in [0.15, 0.2) is 40.0 Å². The minimum absolute atomic E-state index is 0.132. The number of quaternary nitrogens is 1. The highest BCUT2D eigenvalue weighted by molar-refractivity contribution is 7.23. The Hall–Kier alpha value is -3.85. The van der Waals surface area contributed by atoms with E-state index in [0.717, 1.165) is 57.4 Å². The van der Waals surface area contributed by atoms with Gasteiger partial charge in [-0.05, 0) is 25.0 Å². The third-order valence-electron chi connectivity index (χ3n) is 8.02. The van der Waals surface area contributed by atoms with Gasteiger partial charge in [-0.2, -0.15) is 0 Å². The number of thiophene rings is 1. The monoisotopic (exact) mass is 607 g/mol. The number of carbonyl (C=O) groups excluding carboxylic acids is 1. The molecule has 12 nitrogen and oxygen atoms in total. The minimum atomic E-state index is -0.604. The predicted octanol–water partition coefficient (Wildman–Crippen LogP) is 2.51. The average molecular weight is 608 g/mol. The first kappa shape index (κ1) is 27.0. The van der Waals surface area contributed by atoms with E-state index in [2.05, 4.69) is 26.1 Å². The Balaban J connectivity index is 1.23. The van der Waals surface area contributed by atoms with Crippen LogP contribution in [0.4, 0.5) is 10.9 Å².